The van der Waals surface area contributed by atoms with E-state index in [0.29, 0.717) is 0 Å². The summed E-state index contributed by atoms with van der Waals surface area (Å²) in [6, 6.07) is 0. The molecule has 0 aliphatic carbocycles. The molecule has 0 atom stereocenters. The fourth-order valence-corrected chi connectivity index (χ4v) is 2.23. The Morgan fingerprint density at radius 2 is 1.24 bits per heavy atom. The highest BCUT2D eigenvalue weighted by Crippen LogP contribution is 2.11. The average Bonchev–Trinajstić information content (AvgIpc) is 2.30. The number of hydrogen-bond acceptors (Lipinski definition) is 2. The molecule has 3 heteroatoms. The van der Waals surface area contributed by atoms with Gasteiger partial charge in [-0.05, 0) is 12.8 Å². The SMILES string of the molecule is CCCCCCCCCCCCC=C[SH](=O)=O. The molecule has 0 saturated carbocycles. The van der Waals surface area contributed by atoms with E-state index in [-0.39, 0.29) is 0 Å². The first-order chi connectivity index (χ1) is 8.27. The molecule has 0 radical (unpaired) electrons. The number of allylic oxidation sites excluding steroid dienone is 1. The monoisotopic (exact) mass is 260 g/mol. The first kappa shape index (κ1) is 16.7. The van der Waals surface area contributed by atoms with Crippen LogP contribution in [-0.2, 0) is 10.7 Å². The number of unbranched alkanes of at least 4 members (excludes halogenated alkanes) is 10. The van der Waals surface area contributed by atoms with Crippen LogP contribution >= 0.6 is 0 Å². The minimum atomic E-state index is -2.32. The summed E-state index contributed by atoms with van der Waals surface area (Å²) in [6.07, 6.45) is 15.9. The van der Waals surface area contributed by atoms with Gasteiger partial charge in [0.2, 0.25) is 0 Å². The molecule has 0 saturated heterocycles. The van der Waals surface area contributed by atoms with Gasteiger partial charge in [-0.3, -0.25) is 0 Å². The zero-order chi connectivity index (χ0) is 12.8. The average molecular weight is 260 g/mol. The van der Waals surface area contributed by atoms with Crippen LogP contribution < -0.4 is 0 Å². The van der Waals surface area contributed by atoms with Gasteiger partial charge in [0, 0.05) is 5.41 Å². The van der Waals surface area contributed by atoms with Crippen molar-refractivity contribution in [2.24, 2.45) is 0 Å². The molecule has 0 spiro atoms. The normalized spacial score (nSPS) is 11.6. The molecule has 102 valence electrons. The second-order valence-corrected chi connectivity index (χ2v) is 5.51. The standard InChI is InChI=1S/C14H28O2S/c1-2-3-4-5-6-7-8-9-10-11-12-13-14-17(15)16/h13-14,17H,2-12H2,1H3. The molecule has 0 amide bonds. The Hall–Kier alpha value is -0.310. The van der Waals surface area contributed by atoms with E-state index in [1.165, 1.54) is 63.2 Å². The summed E-state index contributed by atoms with van der Waals surface area (Å²) < 4.78 is 20.5. The van der Waals surface area contributed by atoms with E-state index in [4.69, 9.17) is 0 Å². The third-order valence-corrected chi connectivity index (χ3v) is 3.41. The fourth-order valence-electron chi connectivity index (χ4n) is 1.91. The van der Waals surface area contributed by atoms with Crippen LogP contribution in [0.4, 0.5) is 0 Å². The van der Waals surface area contributed by atoms with E-state index in [2.05, 4.69) is 6.92 Å². The van der Waals surface area contributed by atoms with Crippen LogP contribution in [0.5, 0.6) is 0 Å². The van der Waals surface area contributed by atoms with Crippen molar-refractivity contribution < 1.29 is 8.42 Å². The van der Waals surface area contributed by atoms with Crippen LogP contribution in [0.3, 0.4) is 0 Å². The Balaban J connectivity index is 3.03. The molecule has 0 bridgehead atoms. The Morgan fingerprint density at radius 3 is 1.71 bits per heavy atom. The molecule has 0 fully saturated rings. The van der Waals surface area contributed by atoms with Crippen LogP contribution in [0.2, 0.25) is 0 Å². The van der Waals surface area contributed by atoms with Crippen molar-refractivity contribution in [1.82, 2.24) is 0 Å². The lowest BCUT2D eigenvalue weighted by atomic mass is 10.1. The van der Waals surface area contributed by atoms with E-state index in [1.54, 1.807) is 6.08 Å². The Morgan fingerprint density at radius 1 is 0.765 bits per heavy atom. The van der Waals surface area contributed by atoms with Crippen molar-refractivity contribution in [3.05, 3.63) is 11.5 Å². The maximum atomic E-state index is 10.2. The molecule has 0 aromatic carbocycles. The molecule has 0 aromatic heterocycles. The van der Waals surface area contributed by atoms with Crippen molar-refractivity contribution >= 4 is 10.7 Å². The lowest BCUT2D eigenvalue weighted by Gasteiger charge is -2.01. The van der Waals surface area contributed by atoms with E-state index < -0.39 is 10.7 Å². The predicted octanol–water partition coefficient (Wildman–Crippen LogP) is 4.42. The van der Waals surface area contributed by atoms with E-state index in [9.17, 15) is 8.42 Å². The summed E-state index contributed by atoms with van der Waals surface area (Å²) in [5.41, 5.74) is 0. The second kappa shape index (κ2) is 13.8. The minimum Gasteiger partial charge on any atom is -0.227 e. The van der Waals surface area contributed by atoms with Gasteiger partial charge in [0.25, 0.3) is 0 Å². The van der Waals surface area contributed by atoms with Gasteiger partial charge in [-0.2, -0.15) is 0 Å². The summed E-state index contributed by atoms with van der Waals surface area (Å²) in [5.74, 6) is 0. The molecule has 0 aromatic rings. The second-order valence-electron chi connectivity index (χ2n) is 4.64. The molecule has 0 aliphatic rings. The van der Waals surface area contributed by atoms with Crippen molar-refractivity contribution in [1.29, 1.82) is 0 Å². The lowest BCUT2D eigenvalue weighted by molar-refractivity contribution is 0.557. The van der Waals surface area contributed by atoms with Crippen LogP contribution in [0.15, 0.2) is 11.5 Å². The molecular weight excluding hydrogens is 232 g/mol. The number of hydrogen-bond donors (Lipinski definition) is 1. The third kappa shape index (κ3) is 15.7. The van der Waals surface area contributed by atoms with Crippen molar-refractivity contribution in [3.63, 3.8) is 0 Å². The van der Waals surface area contributed by atoms with Crippen molar-refractivity contribution in [2.45, 2.75) is 77.6 Å². The van der Waals surface area contributed by atoms with Gasteiger partial charge in [0.15, 0.2) is 10.7 Å². The minimum absolute atomic E-state index is 0.903. The number of thiol groups is 1. The summed E-state index contributed by atoms with van der Waals surface area (Å²) in [4.78, 5) is 0. The molecular formula is C14H28O2S. The van der Waals surface area contributed by atoms with E-state index in [0.717, 1.165) is 12.8 Å². The summed E-state index contributed by atoms with van der Waals surface area (Å²) in [6.45, 7) is 2.25. The van der Waals surface area contributed by atoms with Crippen LogP contribution in [-0.4, -0.2) is 8.42 Å². The first-order valence-electron chi connectivity index (χ1n) is 7.07. The van der Waals surface area contributed by atoms with Crippen LogP contribution in [0.1, 0.15) is 77.6 Å². The van der Waals surface area contributed by atoms with Gasteiger partial charge in [-0.15, -0.1) is 0 Å². The third-order valence-electron chi connectivity index (χ3n) is 2.95. The van der Waals surface area contributed by atoms with Gasteiger partial charge >= 0.3 is 0 Å². The maximum absolute atomic E-state index is 10.2. The first-order valence-corrected chi connectivity index (χ1v) is 8.32. The lowest BCUT2D eigenvalue weighted by Crippen LogP contribution is -1.81. The topological polar surface area (TPSA) is 34.1 Å². The molecule has 2 nitrogen and oxygen atoms in total. The molecule has 0 rings (SSSR count). The largest absolute Gasteiger partial charge is 0.227 e. The molecule has 0 N–H and O–H groups in total. The highest BCUT2D eigenvalue weighted by atomic mass is 32.2. The highest BCUT2D eigenvalue weighted by molar-refractivity contribution is 7.75. The van der Waals surface area contributed by atoms with Crippen LogP contribution in [0.25, 0.3) is 0 Å². The van der Waals surface area contributed by atoms with Gasteiger partial charge < -0.3 is 0 Å². The van der Waals surface area contributed by atoms with Gasteiger partial charge in [0.1, 0.15) is 0 Å². The van der Waals surface area contributed by atoms with E-state index >= 15 is 0 Å². The molecule has 0 heterocycles. The summed E-state index contributed by atoms with van der Waals surface area (Å²) >= 11 is 0. The van der Waals surface area contributed by atoms with Crippen molar-refractivity contribution in [3.8, 4) is 0 Å². The van der Waals surface area contributed by atoms with E-state index in [1.807, 2.05) is 0 Å². The van der Waals surface area contributed by atoms with Gasteiger partial charge in [-0.25, -0.2) is 8.42 Å². The van der Waals surface area contributed by atoms with Crippen LogP contribution in [0, 0.1) is 0 Å². The zero-order valence-corrected chi connectivity index (χ0v) is 12.1. The summed E-state index contributed by atoms with van der Waals surface area (Å²) in [7, 11) is -2.32. The highest BCUT2D eigenvalue weighted by Gasteiger charge is 1.91. The molecule has 0 aliphatic heterocycles. The Bertz CT molecular complexity index is 237. The smallest absolute Gasteiger partial charge is 0.161 e. The quantitative estimate of drug-likeness (QED) is 0.416. The predicted molar refractivity (Wildman–Crippen MR) is 75.9 cm³/mol. The van der Waals surface area contributed by atoms with Gasteiger partial charge in [0.05, 0.1) is 0 Å². The Kier molecular flexibility index (Phi) is 13.5. The Labute approximate surface area is 108 Å². The fraction of sp³-hybridized carbons (Fsp3) is 0.857. The maximum Gasteiger partial charge on any atom is 0.161 e. The van der Waals surface area contributed by atoms with Crippen molar-refractivity contribution in [2.75, 3.05) is 0 Å². The zero-order valence-electron chi connectivity index (χ0n) is 11.2. The number of rotatable bonds is 12. The summed E-state index contributed by atoms with van der Waals surface area (Å²) in [5, 5.41) is 1.28. The molecule has 0 unspecified atom stereocenters. The molecule has 17 heavy (non-hydrogen) atoms. The van der Waals surface area contributed by atoms with Gasteiger partial charge in [-0.1, -0.05) is 70.8 Å².